The van der Waals surface area contributed by atoms with E-state index in [2.05, 4.69) is 30.8 Å². The van der Waals surface area contributed by atoms with Gasteiger partial charge in [0.05, 0.1) is 6.04 Å². The van der Waals surface area contributed by atoms with Crippen molar-refractivity contribution in [3.63, 3.8) is 0 Å². The molecule has 1 unspecified atom stereocenters. The summed E-state index contributed by atoms with van der Waals surface area (Å²) in [5.74, 6) is 0.256. The van der Waals surface area contributed by atoms with Crippen molar-refractivity contribution in [2.75, 3.05) is 13.6 Å². The second-order valence-electron chi connectivity index (χ2n) is 4.68. The Labute approximate surface area is 80.4 Å². The SMILES string of the molecule is CC(C(N)=NO)N(C)CC(C)(C)C. The van der Waals surface area contributed by atoms with E-state index in [1.165, 1.54) is 0 Å². The van der Waals surface area contributed by atoms with Gasteiger partial charge in [0.2, 0.25) is 0 Å². The van der Waals surface area contributed by atoms with Gasteiger partial charge >= 0.3 is 0 Å². The van der Waals surface area contributed by atoms with E-state index in [9.17, 15) is 0 Å². The predicted molar refractivity (Wildman–Crippen MR) is 55.0 cm³/mol. The molecule has 0 aliphatic heterocycles. The number of hydrogen-bond donors (Lipinski definition) is 2. The van der Waals surface area contributed by atoms with E-state index in [-0.39, 0.29) is 17.3 Å². The molecule has 0 aromatic carbocycles. The zero-order chi connectivity index (χ0) is 10.6. The summed E-state index contributed by atoms with van der Waals surface area (Å²) in [4.78, 5) is 2.06. The molecule has 0 aromatic rings. The van der Waals surface area contributed by atoms with E-state index in [0.29, 0.717) is 0 Å². The van der Waals surface area contributed by atoms with Crippen LogP contribution in [0.15, 0.2) is 5.16 Å². The molecule has 0 saturated heterocycles. The average Bonchev–Trinajstić information content (AvgIpc) is 1.98. The summed E-state index contributed by atoms with van der Waals surface area (Å²) in [5, 5.41) is 11.5. The number of oxime groups is 1. The number of nitrogens with zero attached hydrogens (tertiary/aromatic N) is 2. The van der Waals surface area contributed by atoms with Gasteiger partial charge in [-0.3, -0.25) is 4.90 Å². The Balaban J connectivity index is 4.20. The highest BCUT2D eigenvalue weighted by molar-refractivity contribution is 5.84. The molecule has 0 saturated carbocycles. The summed E-state index contributed by atoms with van der Waals surface area (Å²) in [6.45, 7) is 9.29. The van der Waals surface area contributed by atoms with Crippen molar-refractivity contribution in [1.82, 2.24) is 4.90 Å². The average molecular weight is 187 g/mol. The second kappa shape index (κ2) is 4.46. The predicted octanol–water partition coefficient (Wildman–Crippen LogP) is 1.10. The van der Waals surface area contributed by atoms with Crippen LogP contribution in [0.25, 0.3) is 0 Å². The maximum Gasteiger partial charge on any atom is 0.156 e. The zero-order valence-electron chi connectivity index (χ0n) is 9.20. The first-order chi connectivity index (χ1) is 5.78. The first-order valence-corrected chi connectivity index (χ1v) is 4.45. The molecule has 0 aromatic heterocycles. The topological polar surface area (TPSA) is 61.9 Å². The van der Waals surface area contributed by atoms with Crippen LogP contribution in [-0.2, 0) is 0 Å². The number of likely N-dealkylation sites (N-methyl/N-ethyl adjacent to an activating group) is 1. The summed E-state index contributed by atoms with van der Waals surface area (Å²) in [6.07, 6.45) is 0. The molecular weight excluding hydrogens is 166 g/mol. The monoisotopic (exact) mass is 187 g/mol. The van der Waals surface area contributed by atoms with Crippen molar-refractivity contribution >= 4 is 5.84 Å². The molecule has 0 spiro atoms. The van der Waals surface area contributed by atoms with Crippen molar-refractivity contribution < 1.29 is 5.21 Å². The Morgan fingerprint density at radius 3 is 2.31 bits per heavy atom. The molecule has 0 amide bonds. The highest BCUT2D eigenvalue weighted by atomic mass is 16.4. The molecule has 0 rings (SSSR count). The van der Waals surface area contributed by atoms with Crippen LogP contribution < -0.4 is 5.73 Å². The van der Waals surface area contributed by atoms with Crippen molar-refractivity contribution in [3.8, 4) is 0 Å². The van der Waals surface area contributed by atoms with Gasteiger partial charge in [-0.15, -0.1) is 0 Å². The first kappa shape index (κ1) is 12.2. The minimum absolute atomic E-state index is 0.0239. The van der Waals surface area contributed by atoms with E-state index in [1.807, 2.05) is 14.0 Å². The summed E-state index contributed by atoms with van der Waals surface area (Å²) in [5.41, 5.74) is 5.72. The lowest BCUT2D eigenvalue weighted by atomic mass is 9.95. The lowest BCUT2D eigenvalue weighted by Crippen LogP contribution is -2.43. The van der Waals surface area contributed by atoms with Gasteiger partial charge in [-0.2, -0.15) is 0 Å². The molecule has 0 radical (unpaired) electrons. The third-order valence-electron chi connectivity index (χ3n) is 1.93. The molecule has 3 N–H and O–H groups in total. The highest BCUT2D eigenvalue weighted by Gasteiger charge is 2.19. The van der Waals surface area contributed by atoms with Gasteiger partial charge in [0.1, 0.15) is 0 Å². The molecule has 13 heavy (non-hydrogen) atoms. The Morgan fingerprint density at radius 1 is 1.54 bits per heavy atom. The van der Waals surface area contributed by atoms with Crippen molar-refractivity contribution in [2.24, 2.45) is 16.3 Å². The van der Waals surface area contributed by atoms with E-state index in [0.717, 1.165) is 6.54 Å². The van der Waals surface area contributed by atoms with Gasteiger partial charge in [-0.05, 0) is 19.4 Å². The molecular formula is C9H21N3O. The van der Waals surface area contributed by atoms with Gasteiger partial charge in [-0.25, -0.2) is 0 Å². The van der Waals surface area contributed by atoms with Crippen LogP contribution in [0.4, 0.5) is 0 Å². The first-order valence-electron chi connectivity index (χ1n) is 4.45. The largest absolute Gasteiger partial charge is 0.409 e. The molecule has 4 heteroatoms. The maximum absolute atomic E-state index is 8.49. The molecule has 0 aliphatic rings. The smallest absolute Gasteiger partial charge is 0.156 e. The number of rotatable bonds is 3. The van der Waals surface area contributed by atoms with E-state index in [1.54, 1.807) is 0 Å². The molecule has 78 valence electrons. The highest BCUT2D eigenvalue weighted by Crippen LogP contribution is 2.15. The maximum atomic E-state index is 8.49. The van der Waals surface area contributed by atoms with Crippen LogP contribution in [0.3, 0.4) is 0 Å². The molecule has 0 heterocycles. The van der Waals surface area contributed by atoms with Crippen molar-refractivity contribution in [3.05, 3.63) is 0 Å². The Kier molecular flexibility index (Phi) is 4.20. The van der Waals surface area contributed by atoms with E-state index in [4.69, 9.17) is 10.9 Å². The molecule has 1 atom stereocenters. The standard InChI is InChI=1S/C9H21N3O/c1-7(8(10)11-13)12(5)6-9(2,3)4/h7,13H,6H2,1-5H3,(H2,10,11). The summed E-state index contributed by atoms with van der Waals surface area (Å²) >= 11 is 0. The summed E-state index contributed by atoms with van der Waals surface area (Å²) in [7, 11) is 1.97. The summed E-state index contributed by atoms with van der Waals surface area (Å²) in [6, 6.07) is -0.0239. The molecule has 4 nitrogen and oxygen atoms in total. The van der Waals surface area contributed by atoms with Gasteiger partial charge in [0.15, 0.2) is 5.84 Å². The lowest BCUT2D eigenvalue weighted by Gasteiger charge is -2.30. The van der Waals surface area contributed by atoms with Crippen LogP contribution in [-0.4, -0.2) is 35.6 Å². The third-order valence-corrected chi connectivity index (χ3v) is 1.93. The number of nitrogens with two attached hydrogens (primary N) is 1. The number of amidine groups is 1. The quantitative estimate of drug-likeness (QED) is 0.301. The Morgan fingerprint density at radius 2 is 2.00 bits per heavy atom. The van der Waals surface area contributed by atoms with Gasteiger partial charge in [0, 0.05) is 6.54 Å². The van der Waals surface area contributed by atoms with Crippen molar-refractivity contribution in [2.45, 2.75) is 33.7 Å². The van der Waals surface area contributed by atoms with Crippen LogP contribution in [0.1, 0.15) is 27.7 Å². The Hall–Kier alpha value is -0.770. The van der Waals surface area contributed by atoms with Gasteiger partial charge < -0.3 is 10.9 Å². The fourth-order valence-corrected chi connectivity index (χ4v) is 1.19. The van der Waals surface area contributed by atoms with Crippen LogP contribution in [0.2, 0.25) is 0 Å². The molecule has 0 bridgehead atoms. The van der Waals surface area contributed by atoms with Crippen molar-refractivity contribution in [1.29, 1.82) is 0 Å². The minimum Gasteiger partial charge on any atom is -0.409 e. The fourth-order valence-electron chi connectivity index (χ4n) is 1.19. The molecule has 0 fully saturated rings. The van der Waals surface area contributed by atoms with E-state index >= 15 is 0 Å². The normalized spacial score (nSPS) is 16.3. The number of hydrogen-bond acceptors (Lipinski definition) is 3. The zero-order valence-corrected chi connectivity index (χ0v) is 9.20. The van der Waals surface area contributed by atoms with Crippen LogP contribution in [0, 0.1) is 5.41 Å². The Bertz CT molecular complexity index is 184. The lowest BCUT2D eigenvalue weighted by molar-refractivity contribution is 0.208. The van der Waals surface area contributed by atoms with Crippen LogP contribution >= 0.6 is 0 Å². The molecule has 0 aliphatic carbocycles. The van der Waals surface area contributed by atoms with Gasteiger partial charge in [-0.1, -0.05) is 25.9 Å². The van der Waals surface area contributed by atoms with Crippen LogP contribution in [0.5, 0.6) is 0 Å². The van der Waals surface area contributed by atoms with E-state index < -0.39 is 0 Å². The third kappa shape index (κ3) is 4.72. The fraction of sp³-hybridized carbons (Fsp3) is 0.889. The summed E-state index contributed by atoms with van der Waals surface area (Å²) < 4.78 is 0. The minimum atomic E-state index is -0.0239. The second-order valence-corrected chi connectivity index (χ2v) is 4.68. The van der Waals surface area contributed by atoms with Gasteiger partial charge in [0.25, 0.3) is 0 Å².